The van der Waals surface area contributed by atoms with Gasteiger partial charge in [-0.15, -0.1) is 0 Å². The lowest BCUT2D eigenvalue weighted by Gasteiger charge is -2.33. The van der Waals surface area contributed by atoms with Crippen LogP contribution in [-0.4, -0.2) is 83.6 Å². The normalized spacial score (nSPS) is 16.2. The average molecular weight is 445 g/mol. The molecule has 11 heteroatoms. The number of piperazine rings is 1. The van der Waals surface area contributed by atoms with Gasteiger partial charge in [0.2, 0.25) is 10.0 Å². The Hall–Kier alpha value is -2.50. The van der Waals surface area contributed by atoms with Crippen molar-refractivity contribution in [2.75, 3.05) is 32.7 Å². The minimum absolute atomic E-state index is 0.0871. The van der Waals surface area contributed by atoms with Crippen LogP contribution in [-0.2, 0) is 24.4 Å². The van der Waals surface area contributed by atoms with E-state index in [4.69, 9.17) is 24.9 Å². The molecule has 1 aliphatic heterocycles. The number of hydrogen-bond donors (Lipinski definition) is 3. The molecule has 1 atom stereocenters. The van der Waals surface area contributed by atoms with Gasteiger partial charge in [0.25, 0.3) is 0 Å². The van der Waals surface area contributed by atoms with Crippen molar-refractivity contribution in [3.05, 3.63) is 29.8 Å². The highest BCUT2D eigenvalue weighted by molar-refractivity contribution is 7.89. The lowest BCUT2D eigenvalue weighted by Crippen LogP contribution is -2.48. The van der Waals surface area contributed by atoms with Crippen LogP contribution < -0.4 is 0 Å². The number of benzene rings is 1. The first-order valence-corrected chi connectivity index (χ1v) is 10.9. The summed E-state index contributed by atoms with van der Waals surface area (Å²) in [7, 11) is -3.48. The van der Waals surface area contributed by atoms with Gasteiger partial charge in [0.05, 0.1) is 11.3 Å². The van der Waals surface area contributed by atoms with Gasteiger partial charge in [-0.2, -0.15) is 4.31 Å². The summed E-state index contributed by atoms with van der Waals surface area (Å²) in [5.74, 6) is -4.06. The van der Waals surface area contributed by atoms with E-state index in [1.165, 1.54) is 4.31 Å². The van der Waals surface area contributed by atoms with Gasteiger partial charge in [-0.1, -0.05) is 26.0 Å². The average Bonchev–Trinajstić information content (AvgIpc) is 2.72. The monoisotopic (exact) mass is 444 g/mol. The first kappa shape index (κ1) is 25.5. The second-order valence-corrected chi connectivity index (χ2v) is 8.82. The summed E-state index contributed by atoms with van der Waals surface area (Å²) in [6.07, 6.45) is 1.11. The molecule has 0 bridgehead atoms. The zero-order chi connectivity index (χ0) is 22.9. The van der Waals surface area contributed by atoms with Crippen molar-refractivity contribution >= 4 is 27.9 Å². The maximum Gasteiger partial charge on any atom is 0.414 e. The van der Waals surface area contributed by atoms with Crippen LogP contribution >= 0.6 is 0 Å². The van der Waals surface area contributed by atoms with Crippen molar-refractivity contribution in [3.8, 4) is 0 Å². The predicted octanol–water partition coefficient (Wildman–Crippen LogP) is 1.14. The topological polar surface area (TPSA) is 153 Å². The van der Waals surface area contributed by atoms with Crippen LogP contribution in [0.3, 0.4) is 0 Å². The summed E-state index contributed by atoms with van der Waals surface area (Å²) in [6, 6.07) is 7.16. The van der Waals surface area contributed by atoms with Crippen LogP contribution in [0.5, 0.6) is 0 Å². The Morgan fingerprint density at radius 2 is 1.47 bits per heavy atom. The lowest BCUT2D eigenvalue weighted by molar-refractivity contribution is -0.159. The van der Waals surface area contributed by atoms with Crippen molar-refractivity contribution in [2.45, 2.75) is 37.5 Å². The van der Waals surface area contributed by atoms with Gasteiger partial charge >= 0.3 is 17.9 Å². The number of carbonyl (C=O) groups is 3. The molecule has 1 saturated heterocycles. The van der Waals surface area contributed by atoms with Gasteiger partial charge in [-0.05, 0) is 30.0 Å². The molecule has 0 aromatic heterocycles. The van der Waals surface area contributed by atoms with Crippen LogP contribution in [0.2, 0.25) is 0 Å². The summed E-state index contributed by atoms with van der Waals surface area (Å²) >= 11 is 0. The molecule has 168 valence electrons. The smallest absolute Gasteiger partial charge is 0.414 e. The van der Waals surface area contributed by atoms with E-state index in [0.29, 0.717) is 43.5 Å². The Morgan fingerprint density at radius 3 is 1.87 bits per heavy atom. The highest BCUT2D eigenvalue weighted by atomic mass is 32.2. The fourth-order valence-corrected chi connectivity index (χ4v) is 4.22. The van der Waals surface area contributed by atoms with Gasteiger partial charge < -0.3 is 20.2 Å². The molecular formula is C19H28N2O8S. The number of carboxylic acid groups (broad SMARTS) is 3. The summed E-state index contributed by atoms with van der Waals surface area (Å²) in [5, 5.41) is 23.5. The largest absolute Gasteiger partial charge is 0.481 e. The van der Waals surface area contributed by atoms with Gasteiger partial charge in [-0.3, -0.25) is 4.79 Å². The van der Waals surface area contributed by atoms with E-state index in [1.807, 2.05) is 17.0 Å². The molecule has 1 heterocycles. The van der Waals surface area contributed by atoms with E-state index >= 15 is 0 Å². The number of carboxylic acids is 3. The zero-order valence-electron chi connectivity index (χ0n) is 17.0. The SMILES string of the molecule is CCC(C)c1ccc(S(=O)(=O)N2CCN(CCC(=O)O)CC2)cc1.O=C(O)C(=O)O. The fourth-order valence-electron chi connectivity index (χ4n) is 2.80. The predicted molar refractivity (Wildman–Crippen MR) is 108 cm³/mol. The fraction of sp³-hybridized carbons (Fsp3) is 0.526. The van der Waals surface area contributed by atoms with Gasteiger partial charge in [0, 0.05) is 32.7 Å². The number of aliphatic carboxylic acids is 3. The minimum atomic E-state index is -3.48. The maximum absolute atomic E-state index is 12.7. The molecule has 1 fully saturated rings. The van der Waals surface area contributed by atoms with E-state index in [9.17, 15) is 13.2 Å². The molecule has 1 aromatic carbocycles. The van der Waals surface area contributed by atoms with Crippen molar-refractivity contribution in [1.29, 1.82) is 0 Å². The standard InChI is InChI=1S/C17H26N2O4S.C2H2O4/c1-3-14(2)15-4-6-16(7-5-15)24(22,23)19-12-10-18(11-13-19)9-8-17(20)21;3-1(4)2(5)6/h4-7,14H,3,8-13H2,1-2H3,(H,20,21);(H,3,4)(H,5,6). The quantitative estimate of drug-likeness (QED) is 0.525. The van der Waals surface area contributed by atoms with E-state index in [0.717, 1.165) is 12.0 Å². The third kappa shape index (κ3) is 7.73. The Balaban J connectivity index is 0.000000656. The Kier molecular flexibility index (Phi) is 9.90. The second kappa shape index (κ2) is 11.6. The first-order chi connectivity index (χ1) is 14.0. The number of sulfonamides is 1. The zero-order valence-corrected chi connectivity index (χ0v) is 17.8. The molecule has 1 unspecified atom stereocenters. The Morgan fingerprint density at radius 1 is 0.967 bits per heavy atom. The van der Waals surface area contributed by atoms with Crippen LogP contribution in [0.15, 0.2) is 29.2 Å². The summed E-state index contributed by atoms with van der Waals surface area (Å²) in [6.45, 7) is 6.63. The highest BCUT2D eigenvalue weighted by Crippen LogP contribution is 2.23. The molecule has 2 rings (SSSR count). The summed E-state index contributed by atoms with van der Waals surface area (Å²) in [5.41, 5.74) is 1.15. The molecule has 0 amide bonds. The van der Waals surface area contributed by atoms with Crippen LogP contribution in [0.25, 0.3) is 0 Å². The van der Waals surface area contributed by atoms with E-state index < -0.39 is 27.9 Å². The second-order valence-electron chi connectivity index (χ2n) is 6.88. The molecule has 1 aromatic rings. The van der Waals surface area contributed by atoms with Crippen LogP contribution in [0.1, 0.15) is 38.2 Å². The molecule has 0 aliphatic carbocycles. The van der Waals surface area contributed by atoms with Gasteiger partial charge in [0.1, 0.15) is 0 Å². The lowest BCUT2D eigenvalue weighted by atomic mass is 9.99. The maximum atomic E-state index is 12.7. The molecule has 10 nitrogen and oxygen atoms in total. The molecule has 1 aliphatic rings. The first-order valence-electron chi connectivity index (χ1n) is 9.49. The summed E-state index contributed by atoms with van der Waals surface area (Å²) in [4.78, 5) is 31.1. The minimum Gasteiger partial charge on any atom is -0.481 e. The van der Waals surface area contributed by atoms with Gasteiger partial charge in [-0.25, -0.2) is 18.0 Å². The van der Waals surface area contributed by atoms with Crippen molar-refractivity contribution in [2.24, 2.45) is 0 Å². The van der Waals surface area contributed by atoms with Crippen LogP contribution in [0, 0.1) is 0 Å². The van der Waals surface area contributed by atoms with Gasteiger partial charge in [0.15, 0.2) is 0 Å². The highest BCUT2D eigenvalue weighted by Gasteiger charge is 2.28. The molecule has 0 spiro atoms. The Labute approximate surface area is 175 Å². The molecule has 3 N–H and O–H groups in total. The molecular weight excluding hydrogens is 416 g/mol. The van der Waals surface area contributed by atoms with Crippen LogP contribution in [0.4, 0.5) is 0 Å². The number of rotatable bonds is 7. The number of hydrogen-bond acceptors (Lipinski definition) is 6. The molecule has 0 radical (unpaired) electrons. The molecule has 0 saturated carbocycles. The third-order valence-electron chi connectivity index (χ3n) is 4.86. The molecule has 30 heavy (non-hydrogen) atoms. The number of nitrogens with zero attached hydrogens (tertiary/aromatic N) is 2. The van der Waals surface area contributed by atoms with Crippen molar-refractivity contribution in [3.63, 3.8) is 0 Å². The van der Waals surface area contributed by atoms with Crippen molar-refractivity contribution in [1.82, 2.24) is 9.21 Å². The summed E-state index contributed by atoms with van der Waals surface area (Å²) < 4.78 is 26.9. The van der Waals surface area contributed by atoms with E-state index in [1.54, 1.807) is 12.1 Å². The Bertz CT molecular complexity index is 819. The third-order valence-corrected chi connectivity index (χ3v) is 6.77. The van der Waals surface area contributed by atoms with E-state index in [-0.39, 0.29) is 6.42 Å². The van der Waals surface area contributed by atoms with E-state index in [2.05, 4.69) is 13.8 Å². The van der Waals surface area contributed by atoms with Crippen molar-refractivity contribution < 1.29 is 38.1 Å².